The van der Waals surface area contributed by atoms with Crippen LogP contribution < -0.4 is 10.1 Å². The van der Waals surface area contributed by atoms with Gasteiger partial charge in [-0.3, -0.25) is 4.79 Å². The average Bonchev–Trinajstić information content (AvgIpc) is 3.15. The molecule has 2 aromatic carbocycles. The maximum atomic E-state index is 12.5. The maximum absolute atomic E-state index is 12.5. The molecule has 0 spiro atoms. The molecule has 1 atom stereocenters. The number of hydrogen-bond acceptors (Lipinski definition) is 5. The first-order valence-electron chi connectivity index (χ1n) is 10.3. The molecule has 9 heteroatoms. The number of rotatable bonds is 10. The molecule has 0 saturated carbocycles. The molecule has 1 N–H and O–H groups in total. The van der Waals surface area contributed by atoms with Crippen molar-refractivity contribution in [3.8, 4) is 17.1 Å². The van der Waals surface area contributed by atoms with Crippen LogP contribution in [0.2, 0.25) is 10.0 Å². The summed E-state index contributed by atoms with van der Waals surface area (Å²) < 4.78 is 7.16. The topological polar surface area (TPSA) is 69.0 Å². The van der Waals surface area contributed by atoms with Crippen LogP contribution in [0.15, 0.2) is 47.6 Å². The molecule has 1 heterocycles. The van der Waals surface area contributed by atoms with Gasteiger partial charge in [-0.25, -0.2) is 0 Å². The molecule has 1 unspecified atom stereocenters. The van der Waals surface area contributed by atoms with Crippen LogP contribution in [0.4, 0.5) is 0 Å². The lowest BCUT2D eigenvalue weighted by Crippen LogP contribution is -2.30. The summed E-state index contributed by atoms with van der Waals surface area (Å²) in [4.78, 5) is 12.5. The van der Waals surface area contributed by atoms with Crippen molar-refractivity contribution in [3.63, 3.8) is 0 Å². The van der Waals surface area contributed by atoms with Crippen LogP contribution in [0.25, 0.3) is 11.4 Å². The third kappa shape index (κ3) is 6.18. The highest BCUT2D eigenvalue weighted by atomic mass is 35.5. The van der Waals surface area contributed by atoms with Gasteiger partial charge >= 0.3 is 0 Å². The molecule has 0 radical (unpaired) electrons. The Bertz CT molecular complexity index is 1070. The second kappa shape index (κ2) is 11.6. The molecule has 3 rings (SSSR count). The second-order valence-electron chi connectivity index (χ2n) is 7.34. The number of nitrogens with zero attached hydrogens (tertiary/aromatic N) is 3. The van der Waals surface area contributed by atoms with Crippen LogP contribution in [-0.4, -0.2) is 40.1 Å². The number of ether oxygens (including phenoxy) is 1. The van der Waals surface area contributed by atoms with Crippen LogP contribution in [0.3, 0.4) is 0 Å². The van der Waals surface area contributed by atoms with Gasteiger partial charge in [0.15, 0.2) is 11.0 Å². The van der Waals surface area contributed by atoms with Gasteiger partial charge in [0.05, 0.1) is 12.9 Å². The van der Waals surface area contributed by atoms with Crippen molar-refractivity contribution in [2.45, 2.75) is 30.8 Å². The van der Waals surface area contributed by atoms with E-state index < -0.39 is 0 Å². The summed E-state index contributed by atoms with van der Waals surface area (Å²) in [7, 11) is 3.51. The Hall–Kier alpha value is -2.22. The molecule has 32 heavy (non-hydrogen) atoms. The Balaban J connectivity index is 1.59. The van der Waals surface area contributed by atoms with Crippen molar-refractivity contribution in [2.75, 3.05) is 19.4 Å². The van der Waals surface area contributed by atoms with Gasteiger partial charge in [-0.1, -0.05) is 66.5 Å². The zero-order chi connectivity index (χ0) is 23.1. The SMILES string of the molecule is CCCC(CNC(=O)CSc1nnc(-c2cccc(OC)c2)n1C)c1ccc(Cl)cc1Cl. The molecule has 0 aliphatic heterocycles. The van der Waals surface area contributed by atoms with Crippen molar-refractivity contribution in [3.05, 3.63) is 58.1 Å². The van der Waals surface area contributed by atoms with Gasteiger partial charge in [-0.15, -0.1) is 10.2 Å². The number of halogens is 2. The highest BCUT2D eigenvalue weighted by Crippen LogP contribution is 2.30. The summed E-state index contributed by atoms with van der Waals surface area (Å²) in [5, 5.41) is 13.4. The summed E-state index contributed by atoms with van der Waals surface area (Å²) >= 11 is 13.7. The van der Waals surface area contributed by atoms with Gasteiger partial charge in [-0.2, -0.15) is 0 Å². The molecular formula is C23H26Cl2N4O2S. The molecule has 0 saturated heterocycles. The summed E-state index contributed by atoms with van der Waals surface area (Å²) in [5.74, 6) is 1.78. The van der Waals surface area contributed by atoms with E-state index in [0.717, 1.165) is 29.7 Å². The highest BCUT2D eigenvalue weighted by molar-refractivity contribution is 7.99. The molecule has 0 aliphatic rings. The monoisotopic (exact) mass is 492 g/mol. The lowest BCUT2D eigenvalue weighted by molar-refractivity contribution is -0.118. The van der Waals surface area contributed by atoms with Crippen LogP contribution >= 0.6 is 35.0 Å². The maximum Gasteiger partial charge on any atom is 0.230 e. The first-order valence-corrected chi connectivity index (χ1v) is 12.0. The fraction of sp³-hybridized carbons (Fsp3) is 0.348. The van der Waals surface area contributed by atoms with Crippen molar-refractivity contribution in [2.24, 2.45) is 7.05 Å². The molecule has 0 aliphatic carbocycles. The molecule has 1 aromatic heterocycles. The minimum absolute atomic E-state index is 0.0629. The zero-order valence-electron chi connectivity index (χ0n) is 18.3. The Morgan fingerprint density at radius 3 is 2.75 bits per heavy atom. The van der Waals surface area contributed by atoms with E-state index in [-0.39, 0.29) is 17.6 Å². The third-order valence-corrected chi connectivity index (χ3v) is 6.66. The van der Waals surface area contributed by atoms with Crippen molar-refractivity contribution in [1.82, 2.24) is 20.1 Å². The predicted molar refractivity (Wildman–Crippen MR) is 131 cm³/mol. The van der Waals surface area contributed by atoms with Crippen LogP contribution in [0.5, 0.6) is 5.75 Å². The van der Waals surface area contributed by atoms with Gasteiger partial charge in [-0.05, 0) is 36.2 Å². The number of carbonyl (C=O) groups is 1. The average molecular weight is 493 g/mol. The normalized spacial score (nSPS) is 11.9. The zero-order valence-corrected chi connectivity index (χ0v) is 20.6. The van der Waals surface area contributed by atoms with Crippen molar-refractivity contribution in [1.29, 1.82) is 0 Å². The van der Waals surface area contributed by atoms with Crippen LogP contribution in [-0.2, 0) is 11.8 Å². The van der Waals surface area contributed by atoms with E-state index in [1.54, 1.807) is 13.2 Å². The van der Waals surface area contributed by atoms with E-state index in [1.165, 1.54) is 11.8 Å². The van der Waals surface area contributed by atoms with E-state index in [1.807, 2.05) is 48.0 Å². The summed E-state index contributed by atoms with van der Waals surface area (Å²) in [5.41, 5.74) is 1.90. The quantitative estimate of drug-likeness (QED) is 0.373. The number of thioether (sulfide) groups is 1. The van der Waals surface area contributed by atoms with E-state index in [2.05, 4.69) is 22.4 Å². The fourth-order valence-corrected chi connectivity index (χ4v) is 4.72. The third-order valence-electron chi connectivity index (χ3n) is 5.08. The van der Waals surface area contributed by atoms with Gasteiger partial charge in [0.25, 0.3) is 0 Å². The van der Waals surface area contributed by atoms with Crippen molar-refractivity contribution >= 4 is 40.9 Å². The number of carbonyl (C=O) groups excluding carboxylic acids is 1. The van der Waals surface area contributed by atoms with Gasteiger partial charge < -0.3 is 14.6 Å². The highest BCUT2D eigenvalue weighted by Gasteiger charge is 2.17. The van der Waals surface area contributed by atoms with E-state index in [0.29, 0.717) is 27.6 Å². The molecule has 0 bridgehead atoms. The number of aromatic nitrogens is 3. The Morgan fingerprint density at radius 2 is 2.03 bits per heavy atom. The Kier molecular flexibility index (Phi) is 8.84. The van der Waals surface area contributed by atoms with Crippen molar-refractivity contribution < 1.29 is 9.53 Å². The molecular weight excluding hydrogens is 467 g/mol. The summed E-state index contributed by atoms with van der Waals surface area (Å²) in [6, 6.07) is 13.1. The predicted octanol–water partition coefficient (Wildman–Crippen LogP) is 5.59. The number of hydrogen-bond donors (Lipinski definition) is 1. The molecule has 1 amide bonds. The van der Waals surface area contributed by atoms with E-state index in [4.69, 9.17) is 27.9 Å². The van der Waals surface area contributed by atoms with E-state index >= 15 is 0 Å². The Labute approximate surface area is 202 Å². The minimum Gasteiger partial charge on any atom is -0.497 e. The minimum atomic E-state index is -0.0629. The van der Waals surface area contributed by atoms with Crippen LogP contribution in [0, 0.1) is 0 Å². The second-order valence-corrected chi connectivity index (χ2v) is 9.13. The van der Waals surface area contributed by atoms with Crippen LogP contribution in [0.1, 0.15) is 31.2 Å². The number of amides is 1. The molecule has 0 fully saturated rings. The lowest BCUT2D eigenvalue weighted by atomic mass is 9.94. The standard InChI is InChI=1S/C23H26Cl2N4O2S/c1-4-6-16(19-10-9-17(24)12-20(19)25)13-26-21(30)14-32-23-28-27-22(29(23)2)15-7-5-8-18(11-15)31-3/h5,7-12,16H,4,6,13-14H2,1-3H3,(H,26,30). The first-order chi connectivity index (χ1) is 15.4. The molecule has 170 valence electrons. The number of benzene rings is 2. The summed E-state index contributed by atoms with van der Waals surface area (Å²) in [6.07, 6.45) is 1.90. The Morgan fingerprint density at radius 1 is 1.22 bits per heavy atom. The molecule has 3 aromatic rings. The largest absolute Gasteiger partial charge is 0.497 e. The fourth-order valence-electron chi connectivity index (χ4n) is 3.42. The number of methoxy groups -OCH3 is 1. The van der Waals surface area contributed by atoms with E-state index in [9.17, 15) is 4.79 Å². The van der Waals surface area contributed by atoms with Gasteiger partial charge in [0.2, 0.25) is 5.91 Å². The van der Waals surface area contributed by atoms with Gasteiger partial charge in [0, 0.05) is 35.1 Å². The first kappa shape index (κ1) is 24.4. The number of nitrogens with one attached hydrogen (secondary N) is 1. The lowest BCUT2D eigenvalue weighted by Gasteiger charge is -2.19. The smallest absolute Gasteiger partial charge is 0.230 e. The van der Waals surface area contributed by atoms with Gasteiger partial charge in [0.1, 0.15) is 5.75 Å². The molecule has 6 nitrogen and oxygen atoms in total. The summed E-state index contributed by atoms with van der Waals surface area (Å²) in [6.45, 7) is 2.63.